The third kappa shape index (κ3) is 2.56. The molecule has 2 N–H and O–H groups in total. The van der Waals surface area contributed by atoms with Gasteiger partial charge in [0, 0.05) is 6.54 Å². The Balaban J connectivity index is 1.90. The largest absolute Gasteiger partial charge is 0.508 e. The first-order chi connectivity index (χ1) is 10.6. The van der Waals surface area contributed by atoms with Gasteiger partial charge in [0.1, 0.15) is 11.8 Å². The van der Waals surface area contributed by atoms with Gasteiger partial charge in [0.25, 0.3) is 0 Å². The van der Waals surface area contributed by atoms with Crippen LogP contribution in [-0.2, 0) is 16.0 Å². The van der Waals surface area contributed by atoms with E-state index in [4.69, 9.17) is 0 Å². The Morgan fingerprint density at radius 2 is 1.95 bits per heavy atom. The molecule has 0 aromatic heterocycles. The lowest BCUT2D eigenvalue weighted by Crippen LogP contribution is -2.50. The maximum absolute atomic E-state index is 12.9. The molecule has 3 rings (SSSR count). The molecule has 0 saturated carbocycles. The molecule has 118 valence electrons. The van der Waals surface area contributed by atoms with Crippen molar-refractivity contribution < 1.29 is 19.8 Å². The van der Waals surface area contributed by atoms with Crippen LogP contribution in [0, 0.1) is 0 Å². The van der Waals surface area contributed by atoms with Gasteiger partial charge in [0.05, 0.1) is 5.92 Å². The van der Waals surface area contributed by atoms with Crippen LogP contribution in [0.2, 0.25) is 0 Å². The van der Waals surface area contributed by atoms with Gasteiger partial charge < -0.3 is 15.1 Å². The summed E-state index contributed by atoms with van der Waals surface area (Å²) in [7, 11) is 0. The molecule has 1 aromatic rings. The zero-order valence-electron chi connectivity index (χ0n) is 12.5. The number of likely N-dealkylation sites (tertiary alicyclic amines) is 1. The number of piperidine rings is 1. The van der Waals surface area contributed by atoms with Crippen molar-refractivity contribution in [1.29, 1.82) is 0 Å². The smallest absolute Gasteiger partial charge is 0.326 e. The van der Waals surface area contributed by atoms with Gasteiger partial charge in [-0.15, -0.1) is 0 Å². The third-order valence-electron chi connectivity index (χ3n) is 4.85. The van der Waals surface area contributed by atoms with Crippen molar-refractivity contribution in [3.05, 3.63) is 29.3 Å². The lowest BCUT2D eigenvalue weighted by Gasteiger charge is -2.37. The molecule has 22 heavy (non-hydrogen) atoms. The minimum absolute atomic E-state index is 0.0985. The minimum Gasteiger partial charge on any atom is -0.508 e. The molecule has 2 atom stereocenters. The predicted octanol–water partition coefficient (Wildman–Crippen LogP) is 2.28. The van der Waals surface area contributed by atoms with Crippen molar-refractivity contribution in [2.24, 2.45) is 0 Å². The summed E-state index contributed by atoms with van der Waals surface area (Å²) >= 11 is 0. The molecule has 0 spiro atoms. The van der Waals surface area contributed by atoms with Crippen molar-refractivity contribution in [2.45, 2.75) is 50.5 Å². The van der Waals surface area contributed by atoms with E-state index in [0.29, 0.717) is 13.0 Å². The number of fused-ring (bicyclic) bond motifs is 1. The highest BCUT2D eigenvalue weighted by atomic mass is 16.4. The SMILES string of the molecule is O=C(O)C1CCCCN1C(=O)C1CCCc2c(O)cccc21. The standard InChI is InChI=1S/C17H21NO4/c19-15-9-4-5-11-12(15)6-3-7-13(11)16(20)18-10-2-1-8-14(18)17(21)22/h4-5,9,13-14,19H,1-3,6-8,10H2,(H,21,22). The fourth-order valence-corrected chi connectivity index (χ4v) is 3.74. The fourth-order valence-electron chi connectivity index (χ4n) is 3.74. The van der Waals surface area contributed by atoms with Crippen molar-refractivity contribution in [1.82, 2.24) is 4.90 Å². The predicted molar refractivity (Wildman–Crippen MR) is 80.8 cm³/mol. The average Bonchev–Trinajstić information content (AvgIpc) is 2.54. The highest BCUT2D eigenvalue weighted by Crippen LogP contribution is 2.38. The van der Waals surface area contributed by atoms with E-state index in [1.165, 1.54) is 4.90 Å². The van der Waals surface area contributed by atoms with Crippen LogP contribution in [0.5, 0.6) is 5.75 Å². The number of hydrogen-bond acceptors (Lipinski definition) is 3. The molecule has 0 radical (unpaired) electrons. The minimum atomic E-state index is -0.917. The van der Waals surface area contributed by atoms with Crippen molar-refractivity contribution in [2.75, 3.05) is 6.54 Å². The number of aromatic hydroxyl groups is 1. The third-order valence-corrected chi connectivity index (χ3v) is 4.85. The molecule has 2 aliphatic rings. The molecule has 1 fully saturated rings. The summed E-state index contributed by atoms with van der Waals surface area (Å²) in [5, 5.41) is 19.3. The second-order valence-electron chi connectivity index (χ2n) is 6.17. The first kappa shape index (κ1) is 14.9. The van der Waals surface area contributed by atoms with E-state index in [9.17, 15) is 19.8 Å². The van der Waals surface area contributed by atoms with E-state index < -0.39 is 12.0 Å². The zero-order chi connectivity index (χ0) is 15.7. The summed E-state index contributed by atoms with van der Waals surface area (Å²) in [6.45, 7) is 0.514. The lowest BCUT2D eigenvalue weighted by molar-refractivity contribution is -0.152. The maximum Gasteiger partial charge on any atom is 0.326 e. The van der Waals surface area contributed by atoms with Gasteiger partial charge in [-0.05, 0) is 55.7 Å². The van der Waals surface area contributed by atoms with E-state index in [0.717, 1.165) is 43.2 Å². The van der Waals surface area contributed by atoms with Crippen molar-refractivity contribution in [3.63, 3.8) is 0 Å². The molecule has 2 unspecified atom stereocenters. The van der Waals surface area contributed by atoms with Crippen LogP contribution in [0.15, 0.2) is 18.2 Å². The molecule has 5 nitrogen and oxygen atoms in total. The summed E-state index contributed by atoms with van der Waals surface area (Å²) < 4.78 is 0. The number of phenolic OH excluding ortho intramolecular Hbond substituents is 1. The number of carboxylic acids is 1. The Labute approximate surface area is 129 Å². The van der Waals surface area contributed by atoms with Gasteiger partial charge in [0.2, 0.25) is 5.91 Å². The van der Waals surface area contributed by atoms with Crippen molar-refractivity contribution >= 4 is 11.9 Å². The summed E-state index contributed by atoms with van der Waals surface area (Å²) in [5.74, 6) is -1.10. The molecular formula is C17H21NO4. The summed E-state index contributed by atoms with van der Waals surface area (Å²) in [6.07, 6.45) is 4.57. The molecule has 1 aliphatic heterocycles. The number of carbonyl (C=O) groups excluding carboxylic acids is 1. The molecule has 1 saturated heterocycles. The first-order valence-corrected chi connectivity index (χ1v) is 7.93. The number of phenols is 1. The lowest BCUT2D eigenvalue weighted by atomic mass is 9.81. The van der Waals surface area contributed by atoms with Gasteiger partial charge in [-0.3, -0.25) is 4.79 Å². The number of amides is 1. The molecule has 5 heteroatoms. The van der Waals surface area contributed by atoms with Gasteiger partial charge >= 0.3 is 5.97 Å². The van der Waals surface area contributed by atoms with E-state index >= 15 is 0 Å². The van der Waals surface area contributed by atoms with Crippen LogP contribution in [0.25, 0.3) is 0 Å². The summed E-state index contributed by atoms with van der Waals surface area (Å²) in [5.41, 5.74) is 1.71. The van der Waals surface area contributed by atoms with Crippen LogP contribution < -0.4 is 0 Å². The number of rotatable bonds is 2. The van der Waals surface area contributed by atoms with Gasteiger partial charge in [0.15, 0.2) is 0 Å². The number of benzene rings is 1. The Morgan fingerprint density at radius 1 is 1.14 bits per heavy atom. The molecule has 0 bridgehead atoms. The second kappa shape index (κ2) is 5.99. The number of carboxylic acid groups (broad SMARTS) is 1. The Morgan fingerprint density at radius 3 is 2.73 bits per heavy atom. The molecule has 1 heterocycles. The van der Waals surface area contributed by atoms with Crippen LogP contribution >= 0.6 is 0 Å². The highest BCUT2D eigenvalue weighted by Gasteiger charge is 2.37. The number of aliphatic carboxylic acids is 1. The molecule has 1 amide bonds. The average molecular weight is 303 g/mol. The van der Waals surface area contributed by atoms with Gasteiger partial charge in [-0.25, -0.2) is 4.79 Å². The monoisotopic (exact) mass is 303 g/mol. The van der Waals surface area contributed by atoms with Gasteiger partial charge in [-0.2, -0.15) is 0 Å². The van der Waals surface area contributed by atoms with Crippen LogP contribution in [0.1, 0.15) is 49.1 Å². The molecular weight excluding hydrogens is 282 g/mol. The second-order valence-corrected chi connectivity index (χ2v) is 6.17. The van der Waals surface area contributed by atoms with Gasteiger partial charge in [-0.1, -0.05) is 12.1 Å². The topological polar surface area (TPSA) is 77.8 Å². The molecule has 1 aliphatic carbocycles. The maximum atomic E-state index is 12.9. The Bertz CT molecular complexity index is 598. The van der Waals surface area contributed by atoms with Crippen LogP contribution in [0.3, 0.4) is 0 Å². The van der Waals surface area contributed by atoms with Crippen LogP contribution in [0.4, 0.5) is 0 Å². The van der Waals surface area contributed by atoms with E-state index in [1.54, 1.807) is 12.1 Å². The Hall–Kier alpha value is -2.04. The fraction of sp³-hybridized carbons (Fsp3) is 0.529. The quantitative estimate of drug-likeness (QED) is 0.878. The van der Waals surface area contributed by atoms with E-state index in [1.807, 2.05) is 6.07 Å². The summed E-state index contributed by atoms with van der Waals surface area (Å²) in [6, 6.07) is 4.58. The number of carbonyl (C=O) groups is 2. The Kier molecular flexibility index (Phi) is 4.05. The van der Waals surface area contributed by atoms with Crippen LogP contribution in [-0.4, -0.2) is 39.6 Å². The first-order valence-electron chi connectivity index (χ1n) is 7.93. The normalized spacial score (nSPS) is 24.6. The zero-order valence-corrected chi connectivity index (χ0v) is 12.5. The van der Waals surface area contributed by atoms with Crippen molar-refractivity contribution in [3.8, 4) is 5.75 Å². The summed E-state index contributed by atoms with van der Waals surface area (Å²) in [4.78, 5) is 25.9. The highest BCUT2D eigenvalue weighted by molar-refractivity contribution is 5.89. The van der Waals surface area contributed by atoms with E-state index in [-0.39, 0.29) is 17.6 Å². The van der Waals surface area contributed by atoms with E-state index in [2.05, 4.69) is 0 Å². The number of hydrogen-bond donors (Lipinski definition) is 2. The number of nitrogens with zero attached hydrogens (tertiary/aromatic N) is 1. The molecule has 1 aromatic carbocycles.